The molecule has 0 spiro atoms. The number of hydrogen-bond donors (Lipinski definition) is 5. The quantitative estimate of drug-likeness (QED) is 0.281. The van der Waals surface area contributed by atoms with E-state index in [0.29, 0.717) is 16.9 Å². The molecular weight excluding hydrogens is 477 g/mol. The van der Waals surface area contributed by atoms with Crippen LogP contribution in [0.5, 0.6) is 0 Å². The Balaban J connectivity index is 1.60. The minimum atomic E-state index is -4.39. The fourth-order valence-electron chi connectivity index (χ4n) is 3.93. The van der Waals surface area contributed by atoms with Crippen molar-refractivity contribution in [2.75, 3.05) is 18.3 Å². The second kappa shape index (κ2) is 10.0. The van der Waals surface area contributed by atoms with E-state index in [1.165, 1.54) is 4.57 Å². The number of nitrogens with one attached hydrogen (secondary N) is 1. The SMILES string of the molecule is Cc1ccc([C@@H](C)Nc2nc(C#N)nc3c2ccn3[C@@H]2O[C@H](COCP(=O)(O)O)[C@@H](O)[C@H]2O)cc1. The molecule has 3 heterocycles. The lowest BCUT2D eigenvalue weighted by Gasteiger charge is -2.19. The van der Waals surface area contributed by atoms with Crippen molar-refractivity contribution in [3.8, 4) is 6.07 Å². The van der Waals surface area contributed by atoms with E-state index in [1.54, 1.807) is 12.3 Å². The molecule has 5 atom stereocenters. The molecule has 4 rings (SSSR count). The maximum atomic E-state index is 11.0. The monoisotopic (exact) mass is 503 g/mol. The van der Waals surface area contributed by atoms with E-state index in [0.717, 1.165) is 11.1 Å². The number of aliphatic hydroxyl groups excluding tert-OH is 2. The van der Waals surface area contributed by atoms with E-state index < -0.39 is 38.5 Å². The van der Waals surface area contributed by atoms with Crippen LogP contribution < -0.4 is 5.32 Å². The van der Waals surface area contributed by atoms with Gasteiger partial charge in [0, 0.05) is 12.2 Å². The van der Waals surface area contributed by atoms with Crippen molar-refractivity contribution in [3.63, 3.8) is 0 Å². The molecule has 0 saturated carbocycles. The molecule has 2 aromatic heterocycles. The number of rotatable bonds is 8. The highest BCUT2D eigenvalue weighted by molar-refractivity contribution is 7.51. The van der Waals surface area contributed by atoms with Gasteiger partial charge in [0.25, 0.3) is 0 Å². The van der Waals surface area contributed by atoms with Gasteiger partial charge in [0.2, 0.25) is 5.82 Å². The maximum Gasteiger partial charge on any atom is 0.350 e. The van der Waals surface area contributed by atoms with E-state index in [2.05, 4.69) is 15.3 Å². The number of ether oxygens (including phenoxy) is 2. The summed E-state index contributed by atoms with van der Waals surface area (Å²) >= 11 is 0. The van der Waals surface area contributed by atoms with Crippen LogP contribution in [0.1, 0.15) is 36.1 Å². The summed E-state index contributed by atoms with van der Waals surface area (Å²) in [6.07, 6.45) is -4.09. The summed E-state index contributed by atoms with van der Waals surface area (Å²) in [6.45, 7) is 3.63. The average Bonchev–Trinajstić information content (AvgIpc) is 3.35. The zero-order valence-electron chi connectivity index (χ0n) is 19.0. The molecule has 0 unspecified atom stereocenters. The van der Waals surface area contributed by atoms with E-state index in [-0.39, 0.29) is 18.5 Å². The predicted molar refractivity (Wildman–Crippen MR) is 124 cm³/mol. The van der Waals surface area contributed by atoms with E-state index in [9.17, 15) is 20.0 Å². The van der Waals surface area contributed by atoms with Crippen LogP contribution in [0.25, 0.3) is 11.0 Å². The van der Waals surface area contributed by atoms with E-state index in [1.807, 2.05) is 44.2 Å². The lowest BCUT2D eigenvalue weighted by Crippen LogP contribution is -2.33. The van der Waals surface area contributed by atoms with Crippen LogP contribution in [-0.2, 0) is 14.0 Å². The number of aliphatic hydroxyl groups is 2. The van der Waals surface area contributed by atoms with Gasteiger partial charge >= 0.3 is 7.60 Å². The van der Waals surface area contributed by atoms with Gasteiger partial charge < -0.3 is 39.4 Å². The van der Waals surface area contributed by atoms with Crippen LogP contribution in [0.2, 0.25) is 0 Å². The van der Waals surface area contributed by atoms with Crippen molar-refractivity contribution in [1.82, 2.24) is 14.5 Å². The topological polar surface area (TPSA) is 183 Å². The lowest BCUT2D eigenvalue weighted by molar-refractivity contribution is -0.0610. The minimum absolute atomic E-state index is 0.0920. The van der Waals surface area contributed by atoms with Gasteiger partial charge in [0.1, 0.15) is 42.2 Å². The Labute approximate surface area is 200 Å². The molecule has 1 aliphatic rings. The first-order valence-corrected chi connectivity index (χ1v) is 12.6. The fourth-order valence-corrected chi connectivity index (χ4v) is 4.27. The van der Waals surface area contributed by atoms with Crippen molar-refractivity contribution < 1.29 is 34.0 Å². The van der Waals surface area contributed by atoms with Crippen LogP contribution in [0.4, 0.5) is 5.82 Å². The number of nitriles is 1. The summed E-state index contributed by atoms with van der Waals surface area (Å²) in [5.74, 6) is 0.332. The van der Waals surface area contributed by atoms with Crippen LogP contribution in [0.15, 0.2) is 36.5 Å². The highest BCUT2D eigenvalue weighted by Gasteiger charge is 2.44. The van der Waals surface area contributed by atoms with Crippen molar-refractivity contribution in [2.24, 2.45) is 0 Å². The third kappa shape index (κ3) is 5.52. The Hall–Kier alpha value is -2.88. The van der Waals surface area contributed by atoms with E-state index in [4.69, 9.17) is 19.3 Å². The number of hydrogen-bond acceptors (Lipinski definition) is 9. The van der Waals surface area contributed by atoms with Gasteiger partial charge in [-0.05, 0) is 25.5 Å². The smallest absolute Gasteiger partial charge is 0.350 e. The molecule has 1 aliphatic heterocycles. The van der Waals surface area contributed by atoms with Gasteiger partial charge in [-0.25, -0.2) is 9.97 Å². The molecule has 12 nitrogen and oxygen atoms in total. The normalized spacial score (nSPS) is 23.3. The summed E-state index contributed by atoms with van der Waals surface area (Å²) in [6, 6.07) is 11.5. The number of benzene rings is 1. The van der Waals surface area contributed by atoms with Crippen LogP contribution in [0.3, 0.4) is 0 Å². The summed E-state index contributed by atoms with van der Waals surface area (Å²) in [5, 5.41) is 34.4. The zero-order chi connectivity index (χ0) is 25.3. The minimum Gasteiger partial charge on any atom is -0.387 e. The first kappa shape index (κ1) is 25.2. The van der Waals surface area contributed by atoms with Gasteiger partial charge in [-0.3, -0.25) is 4.57 Å². The summed E-state index contributed by atoms with van der Waals surface area (Å²) in [4.78, 5) is 26.5. The maximum absolute atomic E-state index is 11.0. The van der Waals surface area contributed by atoms with Crippen molar-refractivity contribution in [1.29, 1.82) is 5.26 Å². The molecule has 186 valence electrons. The summed E-state index contributed by atoms with van der Waals surface area (Å²) in [5.41, 5.74) is 2.47. The van der Waals surface area contributed by atoms with Crippen molar-refractivity contribution in [2.45, 2.75) is 44.4 Å². The fraction of sp³-hybridized carbons (Fsp3) is 0.409. The lowest BCUT2D eigenvalue weighted by atomic mass is 10.1. The van der Waals surface area contributed by atoms with Gasteiger partial charge in [0.15, 0.2) is 6.23 Å². The molecule has 0 radical (unpaired) electrons. The third-order valence-corrected chi connectivity index (χ3v) is 6.27. The molecule has 1 saturated heterocycles. The predicted octanol–water partition coefficient (Wildman–Crippen LogP) is 1.56. The second-order valence-corrected chi connectivity index (χ2v) is 10.0. The molecule has 0 amide bonds. The highest BCUT2D eigenvalue weighted by atomic mass is 31.2. The van der Waals surface area contributed by atoms with Gasteiger partial charge in [-0.1, -0.05) is 29.8 Å². The largest absolute Gasteiger partial charge is 0.387 e. The molecule has 13 heteroatoms. The van der Waals surface area contributed by atoms with Crippen LogP contribution in [0, 0.1) is 18.3 Å². The number of anilines is 1. The second-order valence-electron chi connectivity index (χ2n) is 8.46. The molecule has 1 fully saturated rings. The van der Waals surface area contributed by atoms with Crippen LogP contribution in [-0.4, -0.2) is 65.8 Å². The number of aryl methyl sites for hydroxylation is 1. The van der Waals surface area contributed by atoms with Gasteiger partial charge in [-0.15, -0.1) is 0 Å². The first-order valence-electron chi connectivity index (χ1n) is 10.8. The van der Waals surface area contributed by atoms with Crippen molar-refractivity contribution >= 4 is 24.4 Å². The Bertz CT molecular complexity index is 1290. The number of aromatic nitrogens is 3. The summed E-state index contributed by atoms with van der Waals surface area (Å²) < 4.78 is 23.2. The highest BCUT2D eigenvalue weighted by Crippen LogP contribution is 2.36. The first-order chi connectivity index (χ1) is 16.6. The molecule has 1 aromatic carbocycles. The number of nitrogens with zero attached hydrogens (tertiary/aromatic N) is 4. The van der Waals surface area contributed by atoms with Crippen molar-refractivity contribution in [3.05, 3.63) is 53.5 Å². The third-order valence-electron chi connectivity index (χ3n) is 5.76. The molecule has 3 aromatic rings. The zero-order valence-corrected chi connectivity index (χ0v) is 19.9. The number of fused-ring (bicyclic) bond motifs is 1. The summed E-state index contributed by atoms with van der Waals surface area (Å²) in [7, 11) is -4.39. The van der Waals surface area contributed by atoms with E-state index >= 15 is 0 Å². The van der Waals surface area contributed by atoms with Gasteiger partial charge in [0.05, 0.1) is 12.0 Å². The molecule has 0 bridgehead atoms. The molecule has 0 aliphatic carbocycles. The Morgan fingerprint density at radius 3 is 2.60 bits per heavy atom. The molecule has 5 N–H and O–H groups in total. The Kier molecular flexibility index (Phi) is 7.21. The average molecular weight is 503 g/mol. The van der Waals surface area contributed by atoms with Gasteiger partial charge in [-0.2, -0.15) is 5.26 Å². The molecule has 35 heavy (non-hydrogen) atoms. The Morgan fingerprint density at radius 2 is 1.94 bits per heavy atom. The molecular formula is C22H26N5O7P. The van der Waals surface area contributed by atoms with Crippen LogP contribution >= 0.6 is 7.60 Å². The Morgan fingerprint density at radius 1 is 1.23 bits per heavy atom. The standard InChI is InChI=1S/C22H26N5O7P/c1-12-3-5-14(6-4-12)13(2)24-20-15-7-8-27(21(15)26-17(9-23)25-20)22-19(29)18(28)16(34-22)10-33-11-35(30,31)32/h3-8,13,16,18-19,22,28-29H,10-11H2,1-2H3,(H,24,25,26)(H2,30,31,32)/t13-,16-,18-,19-,22-/m1/s1.